The van der Waals surface area contributed by atoms with Crippen LogP contribution in [-0.2, 0) is 0 Å². The van der Waals surface area contributed by atoms with Crippen LogP contribution in [0.1, 0.15) is 27.7 Å². The summed E-state index contributed by atoms with van der Waals surface area (Å²) in [5.41, 5.74) is 0. The Labute approximate surface area is 76.6 Å². The van der Waals surface area contributed by atoms with Crippen molar-refractivity contribution in [2.45, 2.75) is 33.7 Å². The normalized spacial score (nSPS) is 14.8. The van der Waals surface area contributed by atoms with Crippen LogP contribution in [0, 0.1) is 11.8 Å². The lowest BCUT2D eigenvalue weighted by molar-refractivity contribution is 0.104. The molecule has 0 saturated heterocycles. The molecule has 0 radical (unpaired) electrons. The summed E-state index contributed by atoms with van der Waals surface area (Å²) in [6.07, 6.45) is 0. The van der Waals surface area contributed by atoms with Crippen molar-refractivity contribution in [3.8, 4) is 0 Å². The van der Waals surface area contributed by atoms with Crippen molar-refractivity contribution in [3.63, 3.8) is 0 Å². The van der Waals surface area contributed by atoms with E-state index in [0.29, 0.717) is 17.9 Å². The Morgan fingerprint density at radius 2 is 1.67 bits per heavy atom. The molecule has 0 aromatic rings. The van der Waals surface area contributed by atoms with E-state index in [2.05, 4.69) is 39.6 Å². The van der Waals surface area contributed by atoms with Crippen molar-refractivity contribution in [2.24, 2.45) is 11.8 Å². The van der Waals surface area contributed by atoms with Crippen LogP contribution in [0.2, 0.25) is 0 Å². The van der Waals surface area contributed by atoms with Gasteiger partial charge in [0.05, 0.1) is 6.61 Å². The SMILES string of the molecule is CC(C)CN(C)C(CO)C(C)C. The Morgan fingerprint density at radius 1 is 1.17 bits per heavy atom. The van der Waals surface area contributed by atoms with Gasteiger partial charge in [0, 0.05) is 12.6 Å². The topological polar surface area (TPSA) is 23.5 Å². The maximum Gasteiger partial charge on any atom is 0.0589 e. The van der Waals surface area contributed by atoms with Crippen LogP contribution in [0.25, 0.3) is 0 Å². The van der Waals surface area contributed by atoms with Gasteiger partial charge in [-0.2, -0.15) is 0 Å². The first-order chi connectivity index (χ1) is 5.49. The highest BCUT2D eigenvalue weighted by Crippen LogP contribution is 2.09. The van der Waals surface area contributed by atoms with Crippen LogP contribution < -0.4 is 0 Å². The van der Waals surface area contributed by atoms with E-state index in [-0.39, 0.29) is 6.61 Å². The minimum atomic E-state index is 0.265. The van der Waals surface area contributed by atoms with E-state index in [1.807, 2.05) is 0 Å². The Hall–Kier alpha value is -0.0800. The second-order valence-corrected chi connectivity index (χ2v) is 4.33. The minimum absolute atomic E-state index is 0.265. The van der Waals surface area contributed by atoms with Gasteiger partial charge in [-0.15, -0.1) is 0 Å². The van der Waals surface area contributed by atoms with Crippen molar-refractivity contribution in [3.05, 3.63) is 0 Å². The maximum atomic E-state index is 9.14. The second kappa shape index (κ2) is 5.55. The molecule has 0 saturated carbocycles. The lowest BCUT2D eigenvalue weighted by Gasteiger charge is -2.30. The Bertz CT molecular complexity index is 112. The van der Waals surface area contributed by atoms with E-state index in [1.165, 1.54) is 0 Å². The van der Waals surface area contributed by atoms with Crippen LogP contribution in [0.5, 0.6) is 0 Å². The van der Waals surface area contributed by atoms with Crippen molar-refractivity contribution in [1.82, 2.24) is 4.90 Å². The summed E-state index contributed by atoms with van der Waals surface area (Å²) < 4.78 is 0. The van der Waals surface area contributed by atoms with Crippen LogP contribution in [0.4, 0.5) is 0 Å². The molecule has 2 heteroatoms. The van der Waals surface area contributed by atoms with E-state index in [4.69, 9.17) is 5.11 Å². The Morgan fingerprint density at radius 3 is 1.92 bits per heavy atom. The van der Waals surface area contributed by atoms with Gasteiger partial charge < -0.3 is 10.0 Å². The van der Waals surface area contributed by atoms with Gasteiger partial charge in [-0.25, -0.2) is 0 Å². The van der Waals surface area contributed by atoms with Crippen molar-refractivity contribution in [2.75, 3.05) is 20.2 Å². The van der Waals surface area contributed by atoms with Gasteiger partial charge in [0.2, 0.25) is 0 Å². The molecule has 0 amide bonds. The number of likely N-dealkylation sites (N-methyl/N-ethyl adjacent to an activating group) is 1. The molecule has 74 valence electrons. The molecule has 12 heavy (non-hydrogen) atoms. The first-order valence-corrected chi connectivity index (χ1v) is 4.80. The summed E-state index contributed by atoms with van der Waals surface area (Å²) in [4.78, 5) is 2.25. The smallest absolute Gasteiger partial charge is 0.0589 e. The third-order valence-electron chi connectivity index (χ3n) is 2.18. The molecular formula is C10H23NO. The van der Waals surface area contributed by atoms with Gasteiger partial charge in [-0.3, -0.25) is 0 Å². The van der Waals surface area contributed by atoms with Gasteiger partial charge in [-0.1, -0.05) is 27.7 Å². The Balaban J connectivity index is 3.94. The van der Waals surface area contributed by atoms with E-state index in [1.54, 1.807) is 0 Å². The highest BCUT2D eigenvalue weighted by atomic mass is 16.3. The predicted molar refractivity (Wildman–Crippen MR) is 53.2 cm³/mol. The summed E-state index contributed by atoms with van der Waals surface area (Å²) in [5, 5.41) is 9.14. The molecule has 2 nitrogen and oxygen atoms in total. The standard InChI is InChI=1S/C10H23NO/c1-8(2)6-11(5)10(7-12)9(3)4/h8-10,12H,6-7H2,1-5H3. The van der Waals surface area contributed by atoms with Crippen LogP contribution in [-0.4, -0.2) is 36.2 Å². The molecular weight excluding hydrogens is 150 g/mol. The molecule has 1 unspecified atom stereocenters. The molecule has 0 heterocycles. The van der Waals surface area contributed by atoms with E-state index < -0.39 is 0 Å². The molecule has 1 atom stereocenters. The maximum absolute atomic E-state index is 9.14. The molecule has 0 aliphatic carbocycles. The monoisotopic (exact) mass is 173 g/mol. The average molecular weight is 173 g/mol. The highest BCUT2D eigenvalue weighted by Gasteiger charge is 2.17. The quantitative estimate of drug-likeness (QED) is 0.682. The lowest BCUT2D eigenvalue weighted by Crippen LogP contribution is -2.40. The van der Waals surface area contributed by atoms with Crippen molar-refractivity contribution in [1.29, 1.82) is 0 Å². The fraction of sp³-hybridized carbons (Fsp3) is 1.00. The first kappa shape index (κ1) is 11.9. The largest absolute Gasteiger partial charge is 0.395 e. The first-order valence-electron chi connectivity index (χ1n) is 4.80. The van der Waals surface area contributed by atoms with E-state index >= 15 is 0 Å². The van der Waals surface area contributed by atoms with Crippen LogP contribution in [0.3, 0.4) is 0 Å². The molecule has 0 fully saturated rings. The average Bonchev–Trinajstić information content (AvgIpc) is 1.85. The third kappa shape index (κ3) is 4.07. The van der Waals surface area contributed by atoms with E-state index in [9.17, 15) is 0 Å². The van der Waals surface area contributed by atoms with Gasteiger partial charge in [0.15, 0.2) is 0 Å². The van der Waals surface area contributed by atoms with Crippen molar-refractivity contribution >= 4 is 0 Å². The fourth-order valence-corrected chi connectivity index (χ4v) is 1.57. The minimum Gasteiger partial charge on any atom is -0.395 e. The molecule has 0 aliphatic rings. The summed E-state index contributed by atoms with van der Waals surface area (Å²) in [5.74, 6) is 1.20. The highest BCUT2D eigenvalue weighted by molar-refractivity contribution is 4.71. The van der Waals surface area contributed by atoms with Gasteiger partial charge in [-0.05, 0) is 18.9 Å². The second-order valence-electron chi connectivity index (χ2n) is 4.33. The van der Waals surface area contributed by atoms with Gasteiger partial charge in [0.25, 0.3) is 0 Å². The number of rotatable bonds is 5. The fourth-order valence-electron chi connectivity index (χ4n) is 1.57. The zero-order valence-electron chi connectivity index (χ0n) is 9.04. The summed E-state index contributed by atoms with van der Waals surface area (Å²) in [7, 11) is 2.08. The predicted octanol–water partition coefficient (Wildman–Crippen LogP) is 1.59. The molecule has 0 spiro atoms. The van der Waals surface area contributed by atoms with Crippen molar-refractivity contribution < 1.29 is 5.11 Å². The van der Waals surface area contributed by atoms with Crippen LogP contribution in [0.15, 0.2) is 0 Å². The van der Waals surface area contributed by atoms with E-state index in [0.717, 1.165) is 6.54 Å². The van der Waals surface area contributed by atoms with Gasteiger partial charge in [0.1, 0.15) is 0 Å². The molecule has 0 rings (SSSR count). The summed E-state index contributed by atoms with van der Waals surface area (Å²) in [6.45, 7) is 10.0. The van der Waals surface area contributed by atoms with Gasteiger partial charge >= 0.3 is 0 Å². The van der Waals surface area contributed by atoms with Crippen LogP contribution >= 0.6 is 0 Å². The number of nitrogens with zero attached hydrogens (tertiary/aromatic N) is 1. The number of hydrogen-bond donors (Lipinski definition) is 1. The zero-order chi connectivity index (χ0) is 9.72. The lowest BCUT2D eigenvalue weighted by atomic mass is 10.0. The molecule has 0 aromatic carbocycles. The Kier molecular flexibility index (Phi) is 5.51. The third-order valence-corrected chi connectivity index (χ3v) is 2.18. The summed E-state index contributed by atoms with van der Waals surface area (Å²) in [6, 6.07) is 0.312. The zero-order valence-corrected chi connectivity index (χ0v) is 9.04. The number of aliphatic hydroxyl groups is 1. The molecule has 0 bridgehead atoms. The summed E-state index contributed by atoms with van der Waals surface area (Å²) >= 11 is 0. The molecule has 0 aliphatic heterocycles. The number of hydrogen-bond acceptors (Lipinski definition) is 2. The molecule has 1 N–H and O–H groups in total. The molecule has 0 aromatic heterocycles. The number of aliphatic hydroxyl groups excluding tert-OH is 1.